The number of rotatable bonds is 8. The Kier molecular flexibility index (Phi) is 6.22. The average Bonchev–Trinajstić information content (AvgIpc) is 2.33. The molecule has 0 aliphatic rings. The van der Waals surface area contributed by atoms with Crippen molar-refractivity contribution in [2.75, 3.05) is 6.61 Å². The molecule has 0 saturated carbocycles. The van der Waals surface area contributed by atoms with Crippen LogP contribution in [0.4, 0.5) is 5.69 Å². The van der Waals surface area contributed by atoms with Gasteiger partial charge in [-0.25, -0.2) is 0 Å². The van der Waals surface area contributed by atoms with Crippen molar-refractivity contribution in [3.63, 3.8) is 0 Å². The van der Waals surface area contributed by atoms with Crippen LogP contribution in [0.25, 0.3) is 0 Å². The fraction of sp³-hybridized carbons (Fsp3) is 0.385. The van der Waals surface area contributed by atoms with Crippen LogP contribution in [0.3, 0.4) is 0 Å². The smallest absolute Gasteiger partial charge is 0.288 e. The zero-order valence-electron chi connectivity index (χ0n) is 10.1. The molecule has 0 bridgehead atoms. The second kappa shape index (κ2) is 7.71. The number of hydrogen-bond donors (Lipinski definition) is 0. The summed E-state index contributed by atoms with van der Waals surface area (Å²) in [6, 6.07) is 4.40. The summed E-state index contributed by atoms with van der Waals surface area (Å²) in [7, 11) is 0. The minimum absolute atomic E-state index is 0.101. The molecule has 0 fully saturated rings. The molecule has 98 valence electrons. The average molecular weight is 270 g/mol. The molecule has 0 aromatic heterocycles. The number of unbranched alkanes of at least 4 members (excludes halogenated alkanes) is 3. The van der Waals surface area contributed by atoms with Crippen LogP contribution in [0.5, 0.6) is 5.75 Å². The van der Waals surface area contributed by atoms with E-state index >= 15 is 0 Å². The molecular formula is C13H16ClNO3. The van der Waals surface area contributed by atoms with E-state index in [0.29, 0.717) is 12.4 Å². The van der Waals surface area contributed by atoms with Gasteiger partial charge in [-0.1, -0.05) is 17.7 Å². The lowest BCUT2D eigenvalue weighted by Crippen LogP contribution is -1.98. The lowest BCUT2D eigenvalue weighted by atomic mass is 10.2. The summed E-state index contributed by atoms with van der Waals surface area (Å²) in [6.45, 7) is 4.25. The van der Waals surface area contributed by atoms with E-state index in [1.165, 1.54) is 12.1 Å². The van der Waals surface area contributed by atoms with Crippen molar-refractivity contribution in [2.24, 2.45) is 0 Å². The third-order valence-electron chi connectivity index (χ3n) is 2.44. The quantitative estimate of drug-likeness (QED) is 0.305. The lowest BCUT2D eigenvalue weighted by Gasteiger charge is -2.06. The normalized spacial score (nSPS) is 10.1. The van der Waals surface area contributed by atoms with Crippen LogP contribution in [0.2, 0.25) is 5.02 Å². The van der Waals surface area contributed by atoms with Crippen LogP contribution in [-0.4, -0.2) is 11.5 Å². The number of ether oxygens (including phenoxy) is 1. The van der Waals surface area contributed by atoms with E-state index in [-0.39, 0.29) is 10.7 Å². The molecule has 1 aromatic carbocycles. The van der Waals surface area contributed by atoms with Crippen LogP contribution in [-0.2, 0) is 0 Å². The highest BCUT2D eigenvalue weighted by atomic mass is 35.5. The Morgan fingerprint density at radius 3 is 2.78 bits per heavy atom. The summed E-state index contributed by atoms with van der Waals surface area (Å²) in [5.41, 5.74) is -0.102. The molecule has 0 aliphatic carbocycles. The molecule has 0 saturated heterocycles. The molecule has 5 heteroatoms. The van der Waals surface area contributed by atoms with E-state index in [0.717, 1.165) is 25.7 Å². The summed E-state index contributed by atoms with van der Waals surface area (Å²) in [4.78, 5) is 10.1. The molecule has 0 heterocycles. The van der Waals surface area contributed by atoms with Gasteiger partial charge in [0.2, 0.25) is 0 Å². The Bertz CT molecular complexity index is 421. The highest BCUT2D eigenvalue weighted by Crippen LogP contribution is 2.28. The summed E-state index contributed by atoms with van der Waals surface area (Å²) < 4.78 is 5.47. The topological polar surface area (TPSA) is 52.4 Å². The predicted octanol–water partition coefficient (Wildman–Crippen LogP) is 4.37. The van der Waals surface area contributed by atoms with Gasteiger partial charge in [0.1, 0.15) is 10.8 Å². The van der Waals surface area contributed by atoms with Crippen molar-refractivity contribution >= 4 is 17.3 Å². The van der Waals surface area contributed by atoms with Gasteiger partial charge in [0.05, 0.1) is 11.5 Å². The molecule has 18 heavy (non-hydrogen) atoms. The zero-order chi connectivity index (χ0) is 13.4. The van der Waals surface area contributed by atoms with Gasteiger partial charge in [0.15, 0.2) is 0 Å². The molecule has 0 spiro atoms. The molecule has 0 unspecified atom stereocenters. The molecular weight excluding hydrogens is 254 g/mol. The second-order valence-electron chi connectivity index (χ2n) is 3.86. The van der Waals surface area contributed by atoms with Crippen LogP contribution in [0, 0.1) is 10.1 Å². The third kappa shape index (κ3) is 4.75. The Morgan fingerprint density at radius 1 is 1.39 bits per heavy atom. The Morgan fingerprint density at radius 2 is 2.17 bits per heavy atom. The molecule has 0 aliphatic heterocycles. The van der Waals surface area contributed by atoms with Gasteiger partial charge in [-0.05, 0) is 31.7 Å². The van der Waals surface area contributed by atoms with Crippen LogP contribution >= 0.6 is 11.6 Å². The second-order valence-corrected chi connectivity index (χ2v) is 4.26. The molecule has 1 rings (SSSR count). The predicted molar refractivity (Wildman–Crippen MR) is 72.3 cm³/mol. The number of nitro groups is 1. The molecule has 1 aromatic rings. The first-order valence-corrected chi connectivity index (χ1v) is 6.20. The molecule has 4 nitrogen and oxygen atoms in total. The van der Waals surface area contributed by atoms with E-state index < -0.39 is 4.92 Å². The van der Waals surface area contributed by atoms with Gasteiger partial charge >= 0.3 is 0 Å². The molecule has 0 radical (unpaired) electrons. The fourth-order valence-corrected chi connectivity index (χ4v) is 1.72. The molecule has 0 amide bonds. The van der Waals surface area contributed by atoms with E-state index in [9.17, 15) is 10.1 Å². The van der Waals surface area contributed by atoms with Crippen LogP contribution < -0.4 is 4.74 Å². The van der Waals surface area contributed by atoms with Gasteiger partial charge in [-0.3, -0.25) is 10.1 Å². The van der Waals surface area contributed by atoms with Crippen molar-refractivity contribution in [3.8, 4) is 5.75 Å². The minimum atomic E-state index is -0.513. The zero-order valence-corrected chi connectivity index (χ0v) is 10.9. The summed E-state index contributed by atoms with van der Waals surface area (Å²) >= 11 is 5.77. The number of nitro benzene ring substituents is 1. The van der Waals surface area contributed by atoms with Crippen LogP contribution in [0.15, 0.2) is 30.9 Å². The highest BCUT2D eigenvalue weighted by molar-refractivity contribution is 6.32. The standard InChI is InChI=1S/C13H16ClNO3/c1-2-3-4-5-6-9-18-11-7-8-13(15(16)17)12(14)10-11/h2,7-8,10H,1,3-6,9H2. The monoisotopic (exact) mass is 269 g/mol. The maximum atomic E-state index is 10.6. The maximum absolute atomic E-state index is 10.6. The molecule has 0 atom stereocenters. The number of halogens is 1. The maximum Gasteiger partial charge on any atom is 0.288 e. The fourth-order valence-electron chi connectivity index (χ4n) is 1.48. The number of hydrogen-bond acceptors (Lipinski definition) is 3. The first-order chi connectivity index (χ1) is 8.65. The largest absolute Gasteiger partial charge is 0.494 e. The third-order valence-corrected chi connectivity index (χ3v) is 2.74. The van der Waals surface area contributed by atoms with Gasteiger partial charge in [-0.2, -0.15) is 0 Å². The van der Waals surface area contributed by atoms with Gasteiger partial charge in [-0.15, -0.1) is 6.58 Å². The van der Waals surface area contributed by atoms with Crippen molar-refractivity contribution in [3.05, 3.63) is 46.0 Å². The van der Waals surface area contributed by atoms with Gasteiger partial charge < -0.3 is 4.74 Å². The van der Waals surface area contributed by atoms with Crippen molar-refractivity contribution in [2.45, 2.75) is 25.7 Å². The summed E-state index contributed by atoms with van der Waals surface area (Å²) in [5.74, 6) is 0.564. The number of allylic oxidation sites excluding steroid dienone is 1. The Labute approximate surface area is 111 Å². The van der Waals surface area contributed by atoms with Crippen molar-refractivity contribution < 1.29 is 9.66 Å². The first-order valence-electron chi connectivity index (χ1n) is 5.83. The van der Waals surface area contributed by atoms with Crippen LogP contribution in [0.1, 0.15) is 25.7 Å². The lowest BCUT2D eigenvalue weighted by molar-refractivity contribution is -0.384. The highest BCUT2D eigenvalue weighted by Gasteiger charge is 2.12. The Balaban J connectivity index is 2.37. The van der Waals surface area contributed by atoms with Crippen molar-refractivity contribution in [1.29, 1.82) is 0 Å². The Hall–Kier alpha value is -1.55. The van der Waals surface area contributed by atoms with E-state index in [4.69, 9.17) is 16.3 Å². The minimum Gasteiger partial charge on any atom is -0.494 e. The number of benzene rings is 1. The first kappa shape index (κ1) is 14.5. The number of nitrogens with zero attached hydrogens (tertiary/aromatic N) is 1. The van der Waals surface area contributed by atoms with E-state index in [1.54, 1.807) is 6.07 Å². The summed E-state index contributed by atoms with van der Waals surface area (Å²) in [6.07, 6.45) is 6.05. The molecule has 0 N–H and O–H groups in total. The van der Waals surface area contributed by atoms with Gasteiger partial charge in [0.25, 0.3) is 5.69 Å². The SMILES string of the molecule is C=CCCCCCOc1ccc([N+](=O)[O-])c(Cl)c1. The van der Waals surface area contributed by atoms with Crippen molar-refractivity contribution in [1.82, 2.24) is 0 Å². The van der Waals surface area contributed by atoms with E-state index in [1.807, 2.05) is 6.08 Å². The van der Waals surface area contributed by atoms with Gasteiger partial charge in [0, 0.05) is 12.1 Å². The van der Waals surface area contributed by atoms with E-state index in [2.05, 4.69) is 6.58 Å². The summed E-state index contributed by atoms with van der Waals surface area (Å²) in [5, 5.41) is 10.7.